The highest BCUT2D eigenvalue weighted by molar-refractivity contribution is 7.92. The highest BCUT2D eigenvalue weighted by Gasteiger charge is 2.21. The van der Waals surface area contributed by atoms with Crippen molar-refractivity contribution in [1.82, 2.24) is 0 Å². The maximum Gasteiger partial charge on any atom is 0.232 e. The molecule has 0 aromatic heterocycles. The number of carbonyl (C=O) groups excluding carboxylic acids is 1. The Balaban J connectivity index is 2.16. The molecule has 0 unspecified atom stereocenters. The van der Waals surface area contributed by atoms with Crippen molar-refractivity contribution in [2.45, 2.75) is 6.42 Å². The monoisotopic (exact) mass is 373 g/mol. The topological polar surface area (TPSA) is 99.5 Å². The number of anilines is 2. The molecule has 1 amide bonds. The Morgan fingerprint density at radius 1 is 1.19 bits per heavy atom. The molecule has 0 spiro atoms. The molecule has 26 heavy (non-hydrogen) atoms. The number of amides is 1. The number of sulfonamides is 1. The third kappa shape index (κ3) is 4.74. The highest BCUT2D eigenvalue weighted by Crippen LogP contribution is 2.24. The number of rotatable bonds is 7. The minimum Gasteiger partial charge on any atom is -0.495 e. The summed E-state index contributed by atoms with van der Waals surface area (Å²) in [6.45, 7) is -0.0848. The first kappa shape index (κ1) is 19.3. The molecule has 2 aromatic rings. The van der Waals surface area contributed by atoms with Crippen molar-refractivity contribution >= 4 is 27.3 Å². The SMILES string of the molecule is COc1ccccc1NC(=O)CCN(c1ccccc1C#N)S(C)(=O)=O. The van der Waals surface area contributed by atoms with Crippen LogP contribution in [0.2, 0.25) is 0 Å². The fraction of sp³-hybridized carbons (Fsp3) is 0.222. The molecule has 0 bridgehead atoms. The van der Waals surface area contributed by atoms with Crippen LogP contribution in [0.1, 0.15) is 12.0 Å². The van der Waals surface area contributed by atoms with Gasteiger partial charge in [-0.15, -0.1) is 0 Å². The van der Waals surface area contributed by atoms with E-state index in [1.54, 1.807) is 36.4 Å². The summed E-state index contributed by atoms with van der Waals surface area (Å²) < 4.78 is 30.5. The second-order valence-electron chi connectivity index (χ2n) is 5.46. The molecule has 0 aliphatic rings. The molecule has 0 atom stereocenters. The van der Waals surface area contributed by atoms with Gasteiger partial charge in [0.15, 0.2) is 0 Å². The van der Waals surface area contributed by atoms with Gasteiger partial charge in [-0.1, -0.05) is 24.3 Å². The van der Waals surface area contributed by atoms with Crippen LogP contribution in [0.15, 0.2) is 48.5 Å². The number of nitrogens with zero attached hydrogens (tertiary/aromatic N) is 2. The molecule has 0 heterocycles. The van der Waals surface area contributed by atoms with Gasteiger partial charge in [0.05, 0.1) is 30.3 Å². The number of benzene rings is 2. The minimum absolute atomic E-state index is 0.0785. The van der Waals surface area contributed by atoms with E-state index in [0.29, 0.717) is 11.4 Å². The van der Waals surface area contributed by atoms with E-state index < -0.39 is 10.0 Å². The largest absolute Gasteiger partial charge is 0.495 e. The van der Waals surface area contributed by atoms with Gasteiger partial charge < -0.3 is 10.1 Å². The number of hydrogen-bond acceptors (Lipinski definition) is 5. The van der Waals surface area contributed by atoms with E-state index in [1.165, 1.54) is 19.2 Å². The average Bonchev–Trinajstić information content (AvgIpc) is 2.61. The van der Waals surface area contributed by atoms with Crippen LogP contribution in [0.5, 0.6) is 5.75 Å². The molecular weight excluding hydrogens is 354 g/mol. The number of hydrogen-bond donors (Lipinski definition) is 1. The molecule has 7 nitrogen and oxygen atoms in total. The van der Waals surface area contributed by atoms with Crippen molar-refractivity contribution in [3.63, 3.8) is 0 Å². The first-order valence-corrected chi connectivity index (χ1v) is 9.61. The van der Waals surface area contributed by atoms with Crippen molar-refractivity contribution in [2.24, 2.45) is 0 Å². The second-order valence-corrected chi connectivity index (χ2v) is 7.37. The first-order chi connectivity index (χ1) is 12.4. The van der Waals surface area contributed by atoms with Gasteiger partial charge in [-0.2, -0.15) is 5.26 Å². The lowest BCUT2D eigenvalue weighted by Gasteiger charge is -2.23. The molecule has 0 fully saturated rings. The molecule has 136 valence electrons. The molecule has 0 aliphatic carbocycles. The molecule has 0 saturated carbocycles. The summed E-state index contributed by atoms with van der Waals surface area (Å²) in [5.74, 6) is 0.147. The quantitative estimate of drug-likeness (QED) is 0.803. The standard InChI is InChI=1S/C18H19N3O4S/c1-25-17-10-6-4-8-15(17)20-18(22)11-12-21(26(2,23)24)16-9-5-3-7-14(16)13-19/h3-10H,11-12H2,1-2H3,(H,20,22). The number of ether oxygens (including phenoxy) is 1. The molecule has 0 radical (unpaired) electrons. The van der Waals surface area contributed by atoms with Crippen molar-refractivity contribution in [2.75, 3.05) is 29.5 Å². The number of nitrogens with one attached hydrogen (secondary N) is 1. The normalized spacial score (nSPS) is 10.7. The summed E-state index contributed by atoms with van der Waals surface area (Å²) in [4.78, 5) is 12.2. The zero-order valence-electron chi connectivity index (χ0n) is 14.5. The lowest BCUT2D eigenvalue weighted by Crippen LogP contribution is -2.33. The van der Waals surface area contributed by atoms with Gasteiger partial charge in [0, 0.05) is 13.0 Å². The molecule has 0 saturated heterocycles. The van der Waals surface area contributed by atoms with E-state index in [2.05, 4.69) is 5.32 Å². The van der Waals surface area contributed by atoms with Gasteiger partial charge in [0.2, 0.25) is 15.9 Å². The Morgan fingerprint density at radius 2 is 1.85 bits per heavy atom. The highest BCUT2D eigenvalue weighted by atomic mass is 32.2. The zero-order chi connectivity index (χ0) is 19.2. The lowest BCUT2D eigenvalue weighted by molar-refractivity contribution is -0.116. The van der Waals surface area contributed by atoms with E-state index in [0.717, 1.165) is 10.6 Å². The van der Waals surface area contributed by atoms with Crippen LogP contribution in [0.4, 0.5) is 11.4 Å². The Morgan fingerprint density at radius 3 is 2.50 bits per heavy atom. The fourth-order valence-electron chi connectivity index (χ4n) is 2.41. The number of methoxy groups -OCH3 is 1. The lowest BCUT2D eigenvalue weighted by atomic mass is 10.2. The average molecular weight is 373 g/mol. The van der Waals surface area contributed by atoms with Crippen LogP contribution < -0.4 is 14.4 Å². The number of para-hydroxylation sites is 3. The number of nitriles is 1. The van der Waals surface area contributed by atoms with Gasteiger partial charge in [-0.25, -0.2) is 8.42 Å². The predicted molar refractivity (Wildman–Crippen MR) is 99.6 cm³/mol. The van der Waals surface area contributed by atoms with Gasteiger partial charge >= 0.3 is 0 Å². The summed E-state index contributed by atoms with van der Waals surface area (Å²) in [6.07, 6.45) is 0.962. The van der Waals surface area contributed by atoms with E-state index in [9.17, 15) is 18.5 Å². The molecule has 8 heteroatoms. The third-order valence-electron chi connectivity index (χ3n) is 3.62. The Bertz CT molecular complexity index is 935. The van der Waals surface area contributed by atoms with Crippen LogP contribution in [0.25, 0.3) is 0 Å². The molecule has 2 rings (SSSR count). The van der Waals surface area contributed by atoms with Crippen LogP contribution in [0, 0.1) is 11.3 Å². The van der Waals surface area contributed by atoms with Gasteiger partial charge in [-0.05, 0) is 24.3 Å². The van der Waals surface area contributed by atoms with Gasteiger partial charge in [-0.3, -0.25) is 9.10 Å². The van der Waals surface area contributed by atoms with Crippen LogP contribution in [-0.2, 0) is 14.8 Å². The van der Waals surface area contributed by atoms with Crippen molar-refractivity contribution in [1.29, 1.82) is 5.26 Å². The Kier molecular flexibility index (Phi) is 6.20. The Hall–Kier alpha value is -3.05. The summed E-state index contributed by atoms with van der Waals surface area (Å²) in [5, 5.41) is 11.9. The number of carbonyl (C=O) groups is 1. The van der Waals surface area contributed by atoms with Crippen molar-refractivity contribution in [3.05, 3.63) is 54.1 Å². The van der Waals surface area contributed by atoms with Crippen LogP contribution in [-0.4, -0.2) is 34.2 Å². The summed E-state index contributed by atoms with van der Waals surface area (Å²) >= 11 is 0. The van der Waals surface area contributed by atoms with E-state index in [1.807, 2.05) is 6.07 Å². The minimum atomic E-state index is -3.65. The maximum atomic E-state index is 12.2. The molecule has 2 aromatic carbocycles. The van der Waals surface area contributed by atoms with E-state index in [4.69, 9.17) is 4.74 Å². The molecular formula is C18H19N3O4S. The summed E-state index contributed by atoms with van der Waals surface area (Å²) in [7, 11) is -2.16. The van der Waals surface area contributed by atoms with Gasteiger partial charge in [0.1, 0.15) is 11.8 Å². The predicted octanol–water partition coefficient (Wildman–Crippen LogP) is 2.36. The smallest absolute Gasteiger partial charge is 0.232 e. The fourth-order valence-corrected chi connectivity index (χ4v) is 3.35. The van der Waals surface area contributed by atoms with Crippen LogP contribution in [0.3, 0.4) is 0 Å². The van der Waals surface area contributed by atoms with Gasteiger partial charge in [0.25, 0.3) is 0 Å². The van der Waals surface area contributed by atoms with E-state index in [-0.39, 0.29) is 30.1 Å². The Labute approximate surface area is 152 Å². The van der Waals surface area contributed by atoms with E-state index >= 15 is 0 Å². The molecule has 0 aliphatic heterocycles. The molecule has 1 N–H and O–H groups in total. The summed E-state index contributed by atoms with van der Waals surface area (Å²) in [6, 6.07) is 15.3. The maximum absolute atomic E-state index is 12.2. The third-order valence-corrected chi connectivity index (χ3v) is 4.80. The summed E-state index contributed by atoms with van der Waals surface area (Å²) in [5.41, 5.74) is 0.981. The second kappa shape index (κ2) is 8.36. The van der Waals surface area contributed by atoms with Crippen LogP contribution >= 0.6 is 0 Å². The van der Waals surface area contributed by atoms with Crippen molar-refractivity contribution in [3.8, 4) is 11.8 Å². The first-order valence-electron chi connectivity index (χ1n) is 7.76. The van der Waals surface area contributed by atoms with Crippen molar-refractivity contribution < 1.29 is 17.9 Å². The zero-order valence-corrected chi connectivity index (χ0v) is 15.3.